The second kappa shape index (κ2) is 4.11. The molecule has 0 aliphatic carbocycles. The lowest BCUT2D eigenvalue weighted by atomic mass is 10.4. The molecular weight excluding hydrogens is 143 g/mol. The van der Waals surface area contributed by atoms with Gasteiger partial charge in [-0.2, -0.15) is 0 Å². The number of aryl methyl sites for hydroxylation is 2. The minimum Gasteiger partial charge on any atom is -0.335 e. The number of aromatic nitrogens is 2. The van der Waals surface area contributed by atoms with E-state index in [9.17, 15) is 4.39 Å². The van der Waals surface area contributed by atoms with Crippen LogP contribution in [0, 0.1) is 0 Å². The lowest BCUT2D eigenvalue weighted by Gasteiger charge is -2.02. The van der Waals surface area contributed by atoms with E-state index < -0.39 is 0 Å². The molecule has 0 amide bonds. The topological polar surface area (TPSA) is 17.8 Å². The molecule has 0 aromatic carbocycles. The molecular formula is C8H13FN2. The Balaban J connectivity index is 2.54. The normalized spacial score (nSPS) is 10.4. The van der Waals surface area contributed by atoms with Gasteiger partial charge in [-0.25, -0.2) is 4.98 Å². The first-order valence-corrected chi connectivity index (χ1v) is 3.94. The van der Waals surface area contributed by atoms with Crippen molar-refractivity contribution in [3.8, 4) is 0 Å². The van der Waals surface area contributed by atoms with Crippen molar-refractivity contribution in [3.63, 3.8) is 0 Å². The summed E-state index contributed by atoms with van der Waals surface area (Å²) in [5.74, 6) is 1.04. The number of halogens is 1. The second-order valence-electron chi connectivity index (χ2n) is 2.43. The SMILES string of the molecule is CCc1nccn1CCCF. The molecule has 1 aromatic heterocycles. The Labute approximate surface area is 66.1 Å². The first-order valence-electron chi connectivity index (χ1n) is 3.94. The van der Waals surface area contributed by atoms with E-state index in [1.807, 2.05) is 17.7 Å². The van der Waals surface area contributed by atoms with Crippen LogP contribution in [-0.4, -0.2) is 16.2 Å². The van der Waals surface area contributed by atoms with Crippen molar-refractivity contribution in [2.75, 3.05) is 6.67 Å². The van der Waals surface area contributed by atoms with E-state index in [2.05, 4.69) is 4.98 Å². The minimum atomic E-state index is -0.249. The first-order chi connectivity index (χ1) is 5.38. The van der Waals surface area contributed by atoms with Gasteiger partial charge < -0.3 is 4.57 Å². The van der Waals surface area contributed by atoms with Gasteiger partial charge in [-0.1, -0.05) is 6.92 Å². The van der Waals surface area contributed by atoms with Gasteiger partial charge in [0.25, 0.3) is 0 Å². The van der Waals surface area contributed by atoms with Crippen molar-refractivity contribution in [3.05, 3.63) is 18.2 Å². The third kappa shape index (κ3) is 2.03. The molecule has 1 rings (SSSR count). The molecule has 0 atom stereocenters. The highest BCUT2D eigenvalue weighted by Crippen LogP contribution is 1.99. The molecule has 1 aromatic rings. The van der Waals surface area contributed by atoms with Crippen LogP contribution in [0.25, 0.3) is 0 Å². The summed E-state index contributed by atoms with van der Waals surface area (Å²) in [5, 5.41) is 0. The quantitative estimate of drug-likeness (QED) is 0.650. The summed E-state index contributed by atoms with van der Waals surface area (Å²) in [6, 6.07) is 0. The Morgan fingerprint density at radius 2 is 2.45 bits per heavy atom. The Morgan fingerprint density at radius 3 is 3.09 bits per heavy atom. The van der Waals surface area contributed by atoms with E-state index in [0.29, 0.717) is 6.42 Å². The summed E-state index contributed by atoms with van der Waals surface area (Å²) in [6.45, 7) is 2.55. The summed E-state index contributed by atoms with van der Waals surface area (Å²) in [4.78, 5) is 4.13. The molecule has 0 aliphatic rings. The van der Waals surface area contributed by atoms with Crippen molar-refractivity contribution in [2.24, 2.45) is 0 Å². The van der Waals surface area contributed by atoms with Gasteiger partial charge in [0.2, 0.25) is 0 Å². The smallest absolute Gasteiger partial charge is 0.108 e. The molecule has 0 radical (unpaired) electrons. The van der Waals surface area contributed by atoms with Crippen LogP contribution in [0.4, 0.5) is 4.39 Å². The molecule has 3 heteroatoms. The van der Waals surface area contributed by atoms with Gasteiger partial charge in [-0.3, -0.25) is 4.39 Å². The van der Waals surface area contributed by atoms with Gasteiger partial charge in [0, 0.05) is 25.4 Å². The predicted molar refractivity (Wildman–Crippen MR) is 42.2 cm³/mol. The van der Waals surface area contributed by atoms with Gasteiger partial charge in [-0.15, -0.1) is 0 Å². The highest BCUT2D eigenvalue weighted by atomic mass is 19.1. The fourth-order valence-electron chi connectivity index (χ4n) is 1.09. The fraction of sp³-hybridized carbons (Fsp3) is 0.625. The monoisotopic (exact) mass is 156 g/mol. The van der Waals surface area contributed by atoms with E-state index in [-0.39, 0.29) is 6.67 Å². The zero-order chi connectivity index (χ0) is 8.10. The molecule has 0 unspecified atom stereocenters. The van der Waals surface area contributed by atoms with Gasteiger partial charge in [-0.05, 0) is 6.42 Å². The van der Waals surface area contributed by atoms with Crippen molar-refractivity contribution in [1.82, 2.24) is 9.55 Å². The second-order valence-corrected chi connectivity index (χ2v) is 2.43. The first kappa shape index (κ1) is 8.24. The average Bonchev–Trinajstić information content (AvgIpc) is 2.47. The molecule has 2 nitrogen and oxygen atoms in total. The summed E-state index contributed by atoms with van der Waals surface area (Å²) in [7, 11) is 0. The maximum Gasteiger partial charge on any atom is 0.108 e. The molecule has 0 aliphatic heterocycles. The van der Waals surface area contributed by atoms with Crippen molar-refractivity contribution >= 4 is 0 Å². The summed E-state index contributed by atoms with van der Waals surface area (Å²) >= 11 is 0. The molecule has 0 spiro atoms. The molecule has 0 saturated heterocycles. The van der Waals surface area contributed by atoms with E-state index >= 15 is 0 Å². The van der Waals surface area contributed by atoms with E-state index in [0.717, 1.165) is 18.8 Å². The Kier molecular flexibility index (Phi) is 3.08. The Bertz CT molecular complexity index is 208. The van der Waals surface area contributed by atoms with Crippen molar-refractivity contribution in [1.29, 1.82) is 0 Å². The number of imidazole rings is 1. The molecule has 1 heterocycles. The van der Waals surface area contributed by atoms with E-state index in [1.165, 1.54) is 0 Å². The zero-order valence-corrected chi connectivity index (χ0v) is 6.76. The Morgan fingerprint density at radius 1 is 1.64 bits per heavy atom. The molecule has 62 valence electrons. The van der Waals surface area contributed by atoms with Crippen LogP contribution in [0.1, 0.15) is 19.2 Å². The predicted octanol–water partition coefficient (Wildman–Crippen LogP) is 1.81. The van der Waals surface area contributed by atoms with Crippen LogP contribution < -0.4 is 0 Å². The number of rotatable bonds is 4. The van der Waals surface area contributed by atoms with Crippen LogP contribution in [0.5, 0.6) is 0 Å². The molecule has 11 heavy (non-hydrogen) atoms. The van der Waals surface area contributed by atoms with Crippen LogP contribution >= 0.6 is 0 Å². The molecule has 0 saturated carbocycles. The summed E-state index contributed by atoms with van der Waals surface area (Å²) in [6.07, 6.45) is 5.16. The van der Waals surface area contributed by atoms with Crippen molar-refractivity contribution < 1.29 is 4.39 Å². The Hall–Kier alpha value is -0.860. The number of nitrogens with zero attached hydrogens (tertiary/aromatic N) is 2. The van der Waals surface area contributed by atoms with Crippen LogP contribution in [0.3, 0.4) is 0 Å². The number of alkyl halides is 1. The standard InChI is InChI=1S/C8H13FN2/c1-2-8-10-5-7-11(8)6-3-4-9/h5,7H,2-4,6H2,1H3. The van der Waals surface area contributed by atoms with Crippen molar-refractivity contribution in [2.45, 2.75) is 26.3 Å². The molecule has 0 fully saturated rings. The maximum atomic E-state index is 11.8. The third-order valence-electron chi connectivity index (χ3n) is 1.65. The largest absolute Gasteiger partial charge is 0.335 e. The van der Waals surface area contributed by atoms with Crippen LogP contribution in [-0.2, 0) is 13.0 Å². The highest BCUT2D eigenvalue weighted by Gasteiger charge is 1.97. The van der Waals surface area contributed by atoms with Gasteiger partial charge in [0.05, 0.1) is 6.67 Å². The summed E-state index contributed by atoms with van der Waals surface area (Å²) < 4.78 is 13.8. The maximum absolute atomic E-state index is 11.8. The summed E-state index contributed by atoms with van der Waals surface area (Å²) in [5.41, 5.74) is 0. The lowest BCUT2D eigenvalue weighted by molar-refractivity contribution is 0.443. The average molecular weight is 156 g/mol. The van der Waals surface area contributed by atoms with Crippen LogP contribution in [0.15, 0.2) is 12.4 Å². The van der Waals surface area contributed by atoms with E-state index in [1.54, 1.807) is 6.20 Å². The minimum absolute atomic E-state index is 0.249. The van der Waals surface area contributed by atoms with Gasteiger partial charge in [0.1, 0.15) is 5.82 Å². The molecule has 0 N–H and O–H groups in total. The lowest BCUT2D eigenvalue weighted by Crippen LogP contribution is -2.02. The van der Waals surface area contributed by atoms with Crippen LogP contribution in [0.2, 0.25) is 0 Å². The van der Waals surface area contributed by atoms with Gasteiger partial charge in [0.15, 0.2) is 0 Å². The third-order valence-corrected chi connectivity index (χ3v) is 1.65. The van der Waals surface area contributed by atoms with E-state index in [4.69, 9.17) is 0 Å². The molecule has 0 bridgehead atoms. The number of hydrogen-bond acceptors (Lipinski definition) is 1. The number of hydrogen-bond donors (Lipinski definition) is 0. The highest BCUT2D eigenvalue weighted by molar-refractivity contribution is 4.91. The zero-order valence-electron chi connectivity index (χ0n) is 6.76. The fourth-order valence-corrected chi connectivity index (χ4v) is 1.09. The van der Waals surface area contributed by atoms with Gasteiger partial charge >= 0.3 is 0 Å².